The van der Waals surface area contributed by atoms with Crippen LogP contribution in [0.1, 0.15) is 26.2 Å². The molecule has 0 aliphatic rings. The summed E-state index contributed by atoms with van der Waals surface area (Å²) >= 11 is 0. The van der Waals surface area contributed by atoms with Gasteiger partial charge in [0.2, 0.25) is 0 Å². The molecule has 3 nitrogen and oxygen atoms in total. The topological polar surface area (TPSA) is 47.9 Å². The Labute approximate surface area is 75.4 Å². The maximum absolute atomic E-state index is 6.77. The van der Waals surface area contributed by atoms with Crippen LogP contribution in [0.2, 0.25) is 0 Å². The Morgan fingerprint density at radius 3 is 2.33 bits per heavy atom. The molecule has 0 aliphatic heterocycles. The summed E-state index contributed by atoms with van der Waals surface area (Å²) in [7, 11) is 0. The average molecular weight is 171 g/mol. The van der Waals surface area contributed by atoms with Crippen molar-refractivity contribution >= 4 is 6.21 Å². The first-order chi connectivity index (χ1) is 5.91. The van der Waals surface area contributed by atoms with Crippen molar-refractivity contribution < 1.29 is 0 Å². The standard InChI is InChI=1S/C9H21N3/c1-2-6-11-7-3-4-8-12-9-5-10/h5,10-12H,2-4,6-9H2,1H3. The summed E-state index contributed by atoms with van der Waals surface area (Å²) in [5.41, 5.74) is 0. The molecule has 0 saturated carbocycles. The molecule has 0 aromatic heterocycles. The van der Waals surface area contributed by atoms with Gasteiger partial charge in [-0.05, 0) is 38.9 Å². The van der Waals surface area contributed by atoms with Crippen LogP contribution >= 0.6 is 0 Å². The molecule has 72 valence electrons. The van der Waals surface area contributed by atoms with E-state index in [1.807, 2.05) is 0 Å². The molecule has 0 amide bonds. The second kappa shape index (κ2) is 10.6. The molecule has 12 heavy (non-hydrogen) atoms. The summed E-state index contributed by atoms with van der Waals surface area (Å²) in [4.78, 5) is 0. The van der Waals surface area contributed by atoms with E-state index in [2.05, 4.69) is 17.6 Å². The zero-order valence-corrected chi connectivity index (χ0v) is 8.03. The zero-order chi connectivity index (χ0) is 9.07. The maximum atomic E-state index is 6.77. The van der Waals surface area contributed by atoms with E-state index in [1.54, 1.807) is 0 Å². The first-order valence-corrected chi connectivity index (χ1v) is 4.82. The van der Waals surface area contributed by atoms with Crippen molar-refractivity contribution in [3.8, 4) is 0 Å². The molecule has 0 unspecified atom stereocenters. The Kier molecular flexibility index (Phi) is 10.2. The number of hydrogen-bond donors (Lipinski definition) is 3. The van der Waals surface area contributed by atoms with Crippen molar-refractivity contribution in [1.82, 2.24) is 10.6 Å². The van der Waals surface area contributed by atoms with E-state index in [9.17, 15) is 0 Å². The Balaban J connectivity index is 2.77. The highest BCUT2D eigenvalue weighted by atomic mass is 14.9. The first-order valence-electron chi connectivity index (χ1n) is 4.82. The minimum Gasteiger partial charge on any atom is -0.317 e. The lowest BCUT2D eigenvalue weighted by atomic mass is 10.3. The van der Waals surface area contributed by atoms with Crippen LogP contribution in [0.3, 0.4) is 0 Å². The number of rotatable bonds is 9. The zero-order valence-electron chi connectivity index (χ0n) is 8.03. The van der Waals surface area contributed by atoms with E-state index in [1.165, 1.54) is 25.5 Å². The van der Waals surface area contributed by atoms with Gasteiger partial charge in [0.25, 0.3) is 0 Å². The molecule has 0 heterocycles. The predicted octanol–water partition coefficient (Wildman–Crippen LogP) is 1.01. The van der Waals surface area contributed by atoms with Crippen LogP contribution < -0.4 is 10.6 Å². The van der Waals surface area contributed by atoms with E-state index >= 15 is 0 Å². The van der Waals surface area contributed by atoms with Crippen molar-refractivity contribution in [1.29, 1.82) is 5.41 Å². The van der Waals surface area contributed by atoms with Crippen LogP contribution in [0.15, 0.2) is 0 Å². The molecular formula is C9H21N3. The minimum absolute atomic E-state index is 0.711. The third kappa shape index (κ3) is 9.59. The maximum Gasteiger partial charge on any atom is 0.0302 e. The lowest BCUT2D eigenvalue weighted by Gasteiger charge is -2.02. The van der Waals surface area contributed by atoms with Gasteiger partial charge >= 0.3 is 0 Å². The van der Waals surface area contributed by atoms with Crippen molar-refractivity contribution in [2.75, 3.05) is 26.2 Å². The van der Waals surface area contributed by atoms with Gasteiger partial charge in [-0.25, -0.2) is 0 Å². The van der Waals surface area contributed by atoms with Gasteiger partial charge in [-0.15, -0.1) is 0 Å². The summed E-state index contributed by atoms with van der Waals surface area (Å²) in [5.74, 6) is 0. The lowest BCUT2D eigenvalue weighted by molar-refractivity contribution is 0.597. The average Bonchev–Trinajstić information content (AvgIpc) is 2.10. The fourth-order valence-electron chi connectivity index (χ4n) is 0.976. The highest BCUT2D eigenvalue weighted by molar-refractivity contribution is 5.55. The highest BCUT2D eigenvalue weighted by Gasteiger charge is 1.87. The third-order valence-corrected chi connectivity index (χ3v) is 1.63. The van der Waals surface area contributed by atoms with Crippen molar-refractivity contribution in [2.24, 2.45) is 0 Å². The smallest absolute Gasteiger partial charge is 0.0302 e. The second-order valence-electron chi connectivity index (χ2n) is 2.87. The quantitative estimate of drug-likeness (QED) is 0.358. The Morgan fingerprint density at radius 2 is 1.75 bits per heavy atom. The molecule has 0 aliphatic carbocycles. The molecule has 0 aromatic rings. The van der Waals surface area contributed by atoms with Crippen LogP contribution in [0.5, 0.6) is 0 Å². The van der Waals surface area contributed by atoms with Gasteiger partial charge in [-0.3, -0.25) is 0 Å². The highest BCUT2D eigenvalue weighted by Crippen LogP contribution is 1.83. The fraction of sp³-hybridized carbons (Fsp3) is 0.889. The summed E-state index contributed by atoms with van der Waals surface area (Å²) in [6.07, 6.45) is 5.04. The van der Waals surface area contributed by atoms with Gasteiger partial charge in [0.1, 0.15) is 0 Å². The molecule has 0 radical (unpaired) electrons. The van der Waals surface area contributed by atoms with E-state index in [-0.39, 0.29) is 0 Å². The van der Waals surface area contributed by atoms with Crippen LogP contribution in [0, 0.1) is 5.41 Å². The van der Waals surface area contributed by atoms with Gasteiger partial charge in [-0.2, -0.15) is 0 Å². The Hall–Kier alpha value is -0.410. The second-order valence-corrected chi connectivity index (χ2v) is 2.87. The van der Waals surface area contributed by atoms with Crippen LogP contribution in [0.4, 0.5) is 0 Å². The molecule has 0 rings (SSSR count). The molecule has 0 aromatic carbocycles. The van der Waals surface area contributed by atoms with E-state index in [4.69, 9.17) is 5.41 Å². The summed E-state index contributed by atoms with van der Waals surface area (Å²) in [5, 5.41) is 13.3. The summed E-state index contributed by atoms with van der Waals surface area (Å²) < 4.78 is 0. The van der Waals surface area contributed by atoms with Gasteiger partial charge in [0, 0.05) is 12.8 Å². The number of hydrogen-bond acceptors (Lipinski definition) is 3. The van der Waals surface area contributed by atoms with E-state index < -0.39 is 0 Å². The van der Waals surface area contributed by atoms with Crippen molar-refractivity contribution in [3.05, 3.63) is 0 Å². The molecule has 0 atom stereocenters. The molecule has 0 spiro atoms. The van der Waals surface area contributed by atoms with Crippen LogP contribution in [-0.4, -0.2) is 32.4 Å². The minimum atomic E-state index is 0.711. The lowest BCUT2D eigenvalue weighted by Crippen LogP contribution is -2.20. The molecular weight excluding hydrogens is 150 g/mol. The predicted molar refractivity (Wildman–Crippen MR) is 54.0 cm³/mol. The molecule has 0 bridgehead atoms. The molecule has 3 N–H and O–H groups in total. The monoisotopic (exact) mass is 171 g/mol. The largest absolute Gasteiger partial charge is 0.317 e. The Morgan fingerprint density at radius 1 is 1.08 bits per heavy atom. The molecule has 3 heteroatoms. The van der Waals surface area contributed by atoms with E-state index in [0.717, 1.165) is 19.6 Å². The van der Waals surface area contributed by atoms with Gasteiger partial charge in [0.05, 0.1) is 0 Å². The van der Waals surface area contributed by atoms with Gasteiger partial charge < -0.3 is 16.0 Å². The number of nitrogens with one attached hydrogen (secondary N) is 3. The Bertz CT molecular complexity index is 93.8. The summed E-state index contributed by atoms with van der Waals surface area (Å²) in [6.45, 7) is 6.18. The molecule has 0 saturated heterocycles. The van der Waals surface area contributed by atoms with E-state index in [0.29, 0.717) is 6.54 Å². The number of unbranched alkanes of at least 4 members (excludes halogenated alkanes) is 1. The molecule has 0 fully saturated rings. The normalized spacial score (nSPS) is 10.1. The first kappa shape index (κ1) is 11.6. The van der Waals surface area contributed by atoms with Crippen molar-refractivity contribution in [3.63, 3.8) is 0 Å². The van der Waals surface area contributed by atoms with Crippen LogP contribution in [-0.2, 0) is 0 Å². The third-order valence-electron chi connectivity index (χ3n) is 1.63. The summed E-state index contributed by atoms with van der Waals surface area (Å²) in [6, 6.07) is 0. The fourth-order valence-corrected chi connectivity index (χ4v) is 0.976. The van der Waals surface area contributed by atoms with Crippen LogP contribution in [0.25, 0.3) is 0 Å². The van der Waals surface area contributed by atoms with Crippen molar-refractivity contribution in [2.45, 2.75) is 26.2 Å². The SMILES string of the molecule is CCCNCCCCNCC=N. The van der Waals surface area contributed by atoms with Gasteiger partial charge in [-0.1, -0.05) is 6.92 Å². The van der Waals surface area contributed by atoms with Gasteiger partial charge in [0.15, 0.2) is 0 Å².